The SMILES string of the molecule is COC(C)c1cc(F)c(F)cc1F. The quantitative estimate of drug-likeness (QED) is 0.651. The maximum atomic E-state index is 13.0. The first-order valence-corrected chi connectivity index (χ1v) is 3.73. The second-order valence-electron chi connectivity index (χ2n) is 2.67. The lowest BCUT2D eigenvalue weighted by atomic mass is 10.1. The molecule has 0 aliphatic carbocycles. The van der Waals surface area contributed by atoms with Gasteiger partial charge in [0.1, 0.15) is 5.82 Å². The molecule has 0 aliphatic heterocycles. The molecule has 0 radical (unpaired) electrons. The van der Waals surface area contributed by atoms with Gasteiger partial charge in [-0.1, -0.05) is 0 Å². The van der Waals surface area contributed by atoms with Crippen LogP contribution in [0.1, 0.15) is 18.6 Å². The van der Waals surface area contributed by atoms with Gasteiger partial charge in [0.15, 0.2) is 11.6 Å². The van der Waals surface area contributed by atoms with Crippen LogP contribution in [0, 0.1) is 17.5 Å². The molecule has 0 spiro atoms. The zero-order chi connectivity index (χ0) is 10.0. The highest BCUT2D eigenvalue weighted by molar-refractivity contribution is 5.21. The maximum absolute atomic E-state index is 13.0. The van der Waals surface area contributed by atoms with Gasteiger partial charge in [-0.25, -0.2) is 13.2 Å². The molecule has 0 heterocycles. The van der Waals surface area contributed by atoms with Crippen molar-refractivity contribution in [3.8, 4) is 0 Å². The van der Waals surface area contributed by atoms with E-state index in [0.29, 0.717) is 6.07 Å². The fourth-order valence-corrected chi connectivity index (χ4v) is 0.976. The Hall–Kier alpha value is -1.03. The van der Waals surface area contributed by atoms with Crippen LogP contribution < -0.4 is 0 Å². The molecule has 13 heavy (non-hydrogen) atoms. The third kappa shape index (κ3) is 2.01. The molecule has 0 bridgehead atoms. The number of ether oxygens (including phenoxy) is 1. The van der Waals surface area contributed by atoms with E-state index in [9.17, 15) is 13.2 Å². The van der Waals surface area contributed by atoms with E-state index in [1.165, 1.54) is 7.11 Å². The molecule has 0 saturated heterocycles. The van der Waals surface area contributed by atoms with Gasteiger partial charge in [-0.2, -0.15) is 0 Å². The molecule has 0 N–H and O–H groups in total. The van der Waals surface area contributed by atoms with Gasteiger partial charge in [-0.05, 0) is 13.0 Å². The molecule has 1 unspecified atom stereocenters. The minimum atomic E-state index is -1.19. The fraction of sp³-hybridized carbons (Fsp3) is 0.333. The van der Waals surface area contributed by atoms with E-state index < -0.39 is 23.6 Å². The van der Waals surface area contributed by atoms with Crippen molar-refractivity contribution in [2.75, 3.05) is 7.11 Å². The molecular formula is C9H9F3O. The van der Waals surface area contributed by atoms with Crippen LogP contribution in [-0.2, 0) is 4.74 Å². The lowest BCUT2D eigenvalue weighted by Gasteiger charge is -2.10. The van der Waals surface area contributed by atoms with Gasteiger partial charge in [0, 0.05) is 18.7 Å². The lowest BCUT2D eigenvalue weighted by Crippen LogP contribution is -2.01. The highest BCUT2D eigenvalue weighted by Crippen LogP contribution is 2.21. The van der Waals surface area contributed by atoms with Gasteiger partial charge < -0.3 is 4.74 Å². The molecule has 0 amide bonds. The van der Waals surface area contributed by atoms with Crippen molar-refractivity contribution in [3.05, 3.63) is 35.1 Å². The first kappa shape index (κ1) is 10.1. The second kappa shape index (κ2) is 3.79. The Bertz CT molecular complexity index is 312. The molecule has 72 valence electrons. The molecule has 1 atom stereocenters. The summed E-state index contributed by atoms with van der Waals surface area (Å²) in [5.41, 5.74) is 0.0152. The molecule has 4 heteroatoms. The minimum Gasteiger partial charge on any atom is -0.377 e. The van der Waals surface area contributed by atoms with E-state index in [0.717, 1.165) is 6.07 Å². The number of benzene rings is 1. The van der Waals surface area contributed by atoms with Crippen LogP contribution in [0.4, 0.5) is 13.2 Å². The predicted molar refractivity (Wildman–Crippen MR) is 41.7 cm³/mol. The number of methoxy groups -OCH3 is 1. The Kier molecular flexibility index (Phi) is 2.93. The van der Waals surface area contributed by atoms with E-state index in [-0.39, 0.29) is 5.56 Å². The number of rotatable bonds is 2. The van der Waals surface area contributed by atoms with E-state index >= 15 is 0 Å². The minimum absolute atomic E-state index is 0.0152. The molecule has 1 rings (SSSR count). The summed E-state index contributed by atoms with van der Waals surface area (Å²) in [5, 5.41) is 0. The maximum Gasteiger partial charge on any atom is 0.161 e. The van der Waals surface area contributed by atoms with Crippen LogP contribution in [0.15, 0.2) is 12.1 Å². The summed E-state index contributed by atoms with van der Waals surface area (Å²) in [4.78, 5) is 0. The topological polar surface area (TPSA) is 9.23 Å². The summed E-state index contributed by atoms with van der Waals surface area (Å²) < 4.78 is 42.9. The number of hydrogen-bond donors (Lipinski definition) is 0. The molecule has 1 aromatic carbocycles. The summed E-state index contributed by atoms with van der Waals surface area (Å²) in [6.07, 6.45) is -0.588. The van der Waals surface area contributed by atoms with Crippen molar-refractivity contribution in [2.24, 2.45) is 0 Å². The van der Waals surface area contributed by atoms with Crippen LogP contribution in [-0.4, -0.2) is 7.11 Å². The number of halogens is 3. The van der Waals surface area contributed by atoms with Crippen molar-refractivity contribution >= 4 is 0 Å². The molecule has 0 fully saturated rings. The highest BCUT2D eigenvalue weighted by Gasteiger charge is 2.14. The average Bonchev–Trinajstić information content (AvgIpc) is 2.10. The Morgan fingerprint density at radius 3 is 2.15 bits per heavy atom. The third-order valence-electron chi connectivity index (χ3n) is 1.83. The van der Waals surface area contributed by atoms with Gasteiger partial charge in [0.25, 0.3) is 0 Å². The molecule has 1 aromatic rings. The van der Waals surface area contributed by atoms with Crippen molar-refractivity contribution in [2.45, 2.75) is 13.0 Å². The summed E-state index contributed by atoms with van der Waals surface area (Å²) in [6.45, 7) is 1.55. The van der Waals surface area contributed by atoms with Gasteiger partial charge >= 0.3 is 0 Å². The first-order valence-electron chi connectivity index (χ1n) is 3.73. The van der Waals surface area contributed by atoms with Crippen LogP contribution in [0.5, 0.6) is 0 Å². The Morgan fingerprint density at radius 2 is 1.62 bits per heavy atom. The van der Waals surface area contributed by atoms with E-state index in [1.54, 1.807) is 6.92 Å². The van der Waals surface area contributed by atoms with Gasteiger partial charge in [-0.15, -0.1) is 0 Å². The molecule has 0 aromatic heterocycles. The van der Waals surface area contributed by atoms with Crippen molar-refractivity contribution in [1.29, 1.82) is 0 Å². The predicted octanol–water partition coefficient (Wildman–Crippen LogP) is 2.81. The van der Waals surface area contributed by atoms with Crippen molar-refractivity contribution < 1.29 is 17.9 Å². The van der Waals surface area contributed by atoms with Crippen molar-refractivity contribution in [3.63, 3.8) is 0 Å². The monoisotopic (exact) mass is 190 g/mol. The Morgan fingerprint density at radius 1 is 1.08 bits per heavy atom. The van der Waals surface area contributed by atoms with E-state index in [4.69, 9.17) is 4.74 Å². The average molecular weight is 190 g/mol. The summed E-state index contributed by atoms with van der Waals surface area (Å²) >= 11 is 0. The molecule has 0 saturated carbocycles. The zero-order valence-corrected chi connectivity index (χ0v) is 7.27. The van der Waals surface area contributed by atoms with Crippen LogP contribution in [0.25, 0.3) is 0 Å². The lowest BCUT2D eigenvalue weighted by molar-refractivity contribution is 0.115. The van der Waals surface area contributed by atoms with Gasteiger partial charge in [-0.3, -0.25) is 0 Å². The second-order valence-corrected chi connectivity index (χ2v) is 2.67. The smallest absolute Gasteiger partial charge is 0.161 e. The summed E-state index contributed by atoms with van der Waals surface area (Å²) in [7, 11) is 1.37. The normalized spacial score (nSPS) is 13.0. The zero-order valence-electron chi connectivity index (χ0n) is 7.27. The van der Waals surface area contributed by atoms with E-state index in [2.05, 4.69) is 0 Å². The summed E-state index contributed by atoms with van der Waals surface area (Å²) in [5.74, 6) is -3.06. The van der Waals surface area contributed by atoms with Crippen LogP contribution in [0.3, 0.4) is 0 Å². The van der Waals surface area contributed by atoms with Crippen LogP contribution >= 0.6 is 0 Å². The fourth-order valence-electron chi connectivity index (χ4n) is 0.976. The number of hydrogen-bond acceptors (Lipinski definition) is 1. The van der Waals surface area contributed by atoms with Crippen molar-refractivity contribution in [1.82, 2.24) is 0 Å². The Balaban J connectivity index is 3.15. The standard InChI is InChI=1S/C9H9F3O/c1-5(13-2)6-3-8(11)9(12)4-7(6)10/h3-5H,1-2H3. The molecular weight excluding hydrogens is 181 g/mol. The Labute approximate surface area is 74.1 Å². The summed E-state index contributed by atoms with van der Waals surface area (Å²) in [6, 6.07) is 1.32. The van der Waals surface area contributed by atoms with E-state index in [1.807, 2.05) is 0 Å². The van der Waals surface area contributed by atoms with Gasteiger partial charge in [0.05, 0.1) is 6.10 Å². The van der Waals surface area contributed by atoms with Gasteiger partial charge in [0.2, 0.25) is 0 Å². The molecule has 0 aliphatic rings. The largest absolute Gasteiger partial charge is 0.377 e. The molecule has 1 nitrogen and oxygen atoms in total. The van der Waals surface area contributed by atoms with Crippen LogP contribution in [0.2, 0.25) is 0 Å². The third-order valence-corrected chi connectivity index (χ3v) is 1.83. The first-order chi connectivity index (χ1) is 6.06. The highest BCUT2D eigenvalue weighted by atomic mass is 19.2.